The number of nitrogens with zero attached hydrogens (tertiary/aromatic N) is 1. The van der Waals surface area contributed by atoms with Crippen LogP contribution >= 0.6 is 15.9 Å². The summed E-state index contributed by atoms with van der Waals surface area (Å²) in [6, 6.07) is 7.61. The maximum Gasteiger partial charge on any atom is 0.413 e. The number of hydrogen-bond acceptors (Lipinski definition) is 3. The highest BCUT2D eigenvalue weighted by molar-refractivity contribution is 9.10. The number of benzene rings is 1. The van der Waals surface area contributed by atoms with Crippen LogP contribution in [0.3, 0.4) is 0 Å². The van der Waals surface area contributed by atoms with Crippen molar-refractivity contribution in [1.29, 1.82) is 0 Å². The van der Waals surface area contributed by atoms with Crippen molar-refractivity contribution < 1.29 is 14.3 Å². The molecule has 1 atom stereocenters. The van der Waals surface area contributed by atoms with E-state index < -0.39 is 5.60 Å². The van der Waals surface area contributed by atoms with Crippen LogP contribution in [0.2, 0.25) is 0 Å². The molecule has 1 aromatic carbocycles. The number of rotatable bonds is 2. The van der Waals surface area contributed by atoms with Crippen LogP contribution in [-0.4, -0.2) is 29.4 Å². The molecule has 1 aliphatic heterocycles. The summed E-state index contributed by atoms with van der Waals surface area (Å²) in [7, 11) is 0. The molecule has 4 nitrogen and oxygen atoms in total. The first-order valence-corrected chi connectivity index (χ1v) is 7.56. The number of halogens is 1. The minimum Gasteiger partial charge on any atom is -0.470 e. The number of carbonyl (C=O) groups is 1. The Kier molecular flexibility index (Phi) is 4.58. The highest BCUT2D eigenvalue weighted by Gasteiger charge is 2.33. The molecule has 0 bridgehead atoms. The highest BCUT2D eigenvalue weighted by Crippen LogP contribution is 2.25. The Bertz CT molecular complexity index is 467. The zero-order valence-corrected chi connectivity index (χ0v) is 13.6. The van der Waals surface area contributed by atoms with Gasteiger partial charge >= 0.3 is 6.09 Å². The van der Waals surface area contributed by atoms with Gasteiger partial charge in [-0.2, -0.15) is 0 Å². The average Bonchev–Trinajstić information content (AvgIpc) is 2.78. The molecule has 1 unspecified atom stereocenters. The van der Waals surface area contributed by atoms with E-state index in [2.05, 4.69) is 15.9 Å². The lowest BCUT2D eigenvalue weighted by Crippen LogP contribution is -2.42. The summed E-state index contributed by atoms with van der Waals surface area (Å²) in [5.74, 6) is 0.758. The molecule has 1 aromatic rings. The van der Waals surface area contributed by atoms with Crippen LogP contribution in [0.25, 0.3) is 0 Å². The van der Waals surface area contributed by atoms with Gasteiger partial charge in [-0.05, 0) is 51.5 Å². The third-order valence-corrected chi connectivity index (χ3v) is 3.44. The van der Waals surface area contributed by atoms with Crippen LogP contribution in [0.1, 0.15) is 33.6 Å². The SMILES string of the molecule is CC(C)(C)OC(=O)N1CCCC1Oc1ccc(Br)cc1. The number of carbonyl (C=O) groups excluding carboxylic acids is 1. The Balaban J connectivity index is 2.00. The molecule has 1 aliphatic rings. The summed E-state index contributed by atoms with van der Waals surface area (Å²) in [5.41, 5.74) is -0.484. The van der Waals surface area contributed by atoms with Crippen LogP contribution in [-0.2, 0) is 4.74 Å². The van der Waals surface area contributed by atoms with Gasteiger partial charge < -0.3 is 9.47 Å². The molecule has 0 saturated carbocycles. The van der Waals surface area contributed by atoms with E-state index in [1.807, 2.05) is 45.0 Å². The Morgan fingerprint density at radius 3 is 2.55 bits per heavy atom. The third-order valence-electron chi connectivity index (χ3n) is 2.91. The normalized spacial score (nSPS) is 19.0. The molecule has 0 N–H and O–H groups in total. The molecular formula is C15H20BrNO3. The maximum atomic E-state index is 12.1. The molecule has 110 valence electrons. The van der Waals surface area contributed by atoms with Crippen molar-refractivity contribution in [1.82, 2.24) is 4.90 Å². The highest BCUT2D eigenvalue weighted by atomic mass is 79.9. The molecule has 1 fully saturated rings. The largest absolute Gasteiger partial charge is 0.470 e. The van der Waals surface area contributed by atoms with Crippen molar-refractivity contribution in [2.45, 2.75) is 45.4 Å². The van der Waals surface area contributed by atoms with Crippen LogP contribution in [0.5, 0.6) is 5.75 Å². The van der Waals surface area contributed by atoms with E-state index >= 15 is 0 Å². The van der Waals surface area contributed by atoms with E-state index in [0.29, 0.717) is 6.54 Å². The van der Waals surface area contributed by atoms with E-state index in [9.17, 15) is 4.79 Å². The van der Waals surface area contributed by atoms with Crippen molar-refractivity contribution in [3.8, 4) is 5.75 Å². The second kappa shape index (κ2) is 6.04. The Morgan fingerprint density at radius 1 is 1.30 bits per heavy atom. The van der Waals surface area contributed by atoms with Gasteiger partial charge in [0, 0.05) is 17.4 Å². The molecule has 0 spiro atoms. The molecule has 0 aliphatic carbocycles. The molecule has 1 heterocycles. The van der Waals surface area contributed by atoms with Crippen LogP contribution in [0.15, 0.2) is 28.7 Å². The van der Waals surface area contributed by atoms with Crippen molar-refractivity contribution in [3.63, 3.8) is 0 Å². The van der Waals surface area contributed by atoms with Gasteiger partial charge in [0.25, 0.3) is 0 Å². The van der Waals surface area contributed by atoms with E-state index in [1.54, 1.807) is 4.90 Å². The standard InChI is InChI=1S/C15H20BrNO3/c1-15(2,3)20-14(18)17-10-4-5-13(17)19-12-8-6-11(16)7-9-12/h6-9,13H,4-5,10H2,1-3H3. The predicted molar refractivity (Wildman–Crippen MR) is 80.7 cm³/mol. The molecular weight excluding hydrogens is 322 g/mol. The van der Waals surface area contributed by atoms with Crippen LogP contribution < -0.4 is 4.74 Å². The Morgan fingerprint density at radius 2 is 1.95 bits per heavy atom. The molecule has 0 radical (unpaired) electrons. The number of ether oxygens (including phenoxy) is 2. The molecule has 1 amide bonds. The van der Waals surface area contributed by atoms with E-state index in [0.717, 1.165) is 23.1 Å². The van der Waals surface area contributed by atoms with E-state index in [-0.39, 0.29) is 12.3 Å². The van der Waals surface area contributed by atoms with Gasteiger partial charge in [0.05, 0.1) is 0 Å². The summed E-state index contributed by atoms with van der Waals surface area (Å²) < 4.78 is 12.3. The second-order valence-electron chi connectivity index (χ2n) is 5.84. The van der Waals surface area contributed by atoms with Gasteiger partial charge in [0.1, 0.15) is 11.4 Å². The topological polar surface area (TPSA) is 38.8 Å². The van der Waals surface area contributed by atoms with Crippen LogP contribution in [0, 0.1) is 0 Å². The van der Waals surface area contributed by atoms with Gasteiger partial charge in [0.2, 0.25) is 0 Å². The number of likely N-dealkylation sites (tertiary alicyclic amines) is 1. The second-order valence-corrected chi connectivity index (χ2v) is 6.76. The summed E-state index contributed by atoms with van der Waals surface area (Å²) >= 11 is 3.39. The van der Waals surface area contributed by atoms with Crippen molar-refractivity contribution >= 4 is 22.0 Å². The predicted octanol–water partition coefficient (Wildman–Crippen LogP) is 4.18. The van der Waals surface area contributed by atoms with Gasteiger partial charge in [-0.3, -0.25) is 4.90 Å². The zero-order chi connectivity index (χ0) is 14.8. The lowest BCUT2D eigenvalue weighted by atomic mass is 10.2. The Labute approximate surface area is 128 Å². The fourth-order valence-corrected chi connectivity index (χ4v) is 2.32. The fourth-order valence-electron chi connectivity index (χ4n) is 2.06. The first-order valence-electron chi connectivity index (χ1n) is 6.77. The third kappa shape index (κ3) is 4.13. The van der Waals surface area contributed by atoms with Gasteiger partial charge in [-0.25, -0.2) is 4.79 Å². The summed E-state index contributed by atoms with van der Waals surface area (Å²) in [6.45, 7) is 6.28. The maximum absolute atomic E-state index is 12.1. The van der Waals surface area contributed by atoms with E-state index in [1.165, 1.54) is 0 Å². The molecule has 1 saturated heterocycles. The minimum atomic E-state index is -0.484. The lowest BCUT2D eigenvalue weighted by Gasteiger charge is -2.28. The molecule has 5 heteroatoms. The fraction of sp³-hybridized carbons (Fsp3) is 0.533. The molecule has 2 rings (SSSR count). The smallest absolute Gasteiger partial charge is 0.413 e. The number of hydrogen-bond donors (Lipinski definition) is 0. The zero-order valence-electron chi connectivity index (χ0n) is 12.1. The monoisotopic (exact) mass is 341 g/mol. The first kappa shape index (κ1) is 15.2. The van der Waals surface area contributed by atoms with Crippen molar-refractivity contribution in [3.05, 3.63) is 28.7 Å². The first-order chi connectivity index (χ1) is 9.35. The minimum absolute atomic E-state index is 0.244. The molecule has 0 aromatic heterocycles. The van der Waals surface area contributed by atoms with Crippen molar-refractivity contribution in [2.24, 2.45) is 0 Å². The van der Waals surface area contributed by atoms with Crippen LogP contribution in [0.4, 0.5) is 4.79 Å². The Hall–Kier alpha value is -1.23. The lowest BCUT2D eigenvalue weighted by molar-refractivity contribution is -0.00508. The summed E-state index contributed by atoms with van der Waals surface area (Å²) in [4.78, 5) is 13.8. The van der Waals surface area contributed by atoms with Gasteiger partial charge in [-0.1, -0.05) is 15.9 Å². The van der Waals surface area contributed by atoms with E-state index in [4.69, 9.17) is 9.47 Å². The summed E-state index contributed by atoms with van der Waals surface area (Å²) in [5, 5.41) is 0. The van der Waals surface area contributed by atoms with Crippen molar-refractivity contribution in [2.75, 3.05) is 6.54 Å². The average molecular weight is 342 g/mol. The number of amides is 1. The quantitative estimate of drug-likeness (QED) is 0.809. The van der Waals surface area contributed by atoms with Gasteiger partial charge in [0.15, 0.2) is 6.23 Å². The van der Waals surface area contributed by atoms with Gasteiger partial charge in [-0.15, -0.1) is 0 Å². The molecule has 20 heavy (non-hydrogen) atoms. The summed E-state index contributed by atoms with van der Waals surface area (Å²) in [6.07, 6.45) is 1.21.